The Labute approximate surface area is 183 Å². The second-order valence-corrected chi connectivity index (χ2v) is 7.52. The van der Waals surface area contributed by atoms with Crippen LogP contribution in [-0.2, 0) is 15.3 Å². The first-order valence-electron chi connectivity index (χ1n) is 9.56. The van der Waals surface area contributed by atoms with Gasteiger partial charge in [-0.05, 0) is 43.3 Å². The Kier molecular flexibility index (Phi) is 7.55. The number of benzene rings is 1. The monoisotopic (exact) mass is 439 g/mol. The molecule has 0 aliphatic carbocycles. The number of nitrogens with zero attached hydrogens (tertiary/aromatic N) is 2. The summed E-state index contributed by atoms with van der Waals surface area (Å²) in [4.78, 5) is 40.5. The van der Waals surface area contributed by atoms with Gasteiger partial charge in [0.15, 0.2) is 12.4 Å². The second kappa shape index (κ2) is 10.5. The quantitative estimate of drug-likeness (QED) is 0.302. The molecule has 1 amide bonds. The van der Waals surface area contributed by atoms with Gasteiger partial charge in [0, 0.05) is 35.7 Å². The van der Waals surface area contributed by atoms with Crippen molar-refractivity contribution in [3.63, 3.8) is 0 Å². The van der Waals surface area contributed by atoms with E-state index < -0.39 is 12.6 Å². The molecule has 1 aromatic carbocycles. The van der Waals surface area contributed by atoms with E-state index in [1.54, 1.807) is 56.4 Å². The van der Waals surface area contributed by atoms with Crippen LogP contribution in [0.25, 0.3) is 0 Å². The molecule has 31 heavy (non-hydrogen) atoms. The van der Waals surface area contributed by atoms with Crippen LogP contribution < -0.4 is 5.32 Å². The number of ether oxygens (including phenoxy) is 1. The summed E-state index contributed by atoms with van der Waals surface area (Å²) in [7, 11) is 0. The van der Waals surface area contributed by atoms with Crippen molar-refractivity contribution in [1.82, 2.24) is 10.1 Å². The fourth-order valence-corrected chi connectivity index (χ4v) is 3.43. The molecule has 9 heteroatoms. The maximum absolute atomic E-state index is 12.5. The second-order valence-electron chi connectivity index (χ2n) is 6.55. The average Bonchev–Trinajstić information content (AvgIpc) is 3.21. The fourth-order valence-electron chi connectivity index (χ4n) is 2.57. The van der Waals surface area contributed by atoms with Gasteiger partial charge in [-0.3, -0.25) is 9.59 Å². The lowest BCUT2D eigenvalue weighted by atomic mass is 10.1. The topological polar surface area (TPSA) is 111 Å². The van der Waals surface area contributed by atoms with Crippen LogP contribution in [0.5, 0.6) is 0 Å². The highest BCUT2D eigenvalue weighted by atomic mass is 32.2. The number of carbonyl (C=O) groups is 3. The van der Waals surface area contributed by atoms with Gasteiger partial charge in [0.1, 0.15) is 10.8 Å². The number of Topliss-reactive ketones (excluding diaryl/α,β-unsaturated/α-hetero) is 1. The van der Waals surface area contributed by atoms with E-state index in [2.05, 4.69) is 15.5 Å². The molecular formula is C22H21N3O5S. The number of rotatable bonds is 9. The summed E-state index contributed by atoms with van der Waals surface area (Å²) in [5.74, 6) is 0.0893. The highest BCUT2D eigenvalue weighted by Gasteiger charge is 2.17. The summed E-state index contributed by atoms with van der Waals surface area (Å²) in [6.45, 7) is 3.15. The number of nitrogens with one attached hydrogen (secondary N) is 1. The minimum absolute atomic E-state index is 0.114. The molecule has 0 radical (unpaired) electrons. The van der Waals surface area contributed by atoms with Gasteiger partial charge in [0.2, 0.25) is 5.91 Å². The number of hydrogen-bond acceptors (Lipinski definition) is 8. The Morgan fingerprint density at radius 3 is 2.61 bits per heavy atom. The van der Waals surface area contributed by atoms with E-state index in [0.29, 0.717) is 34.2 Å². The average molecular weight is 439 g/mol. The van der Waals surface area contributed by atoms with E-state index in [4.69, 9.17) is 9.26 Å². The van der Waals surface area contributed by atoms with Gasteiger partial charge in [-0.15, -0.1) is 0 Å². The van der Waals surface area contributed by atoms with Crippen molar-refractivity contribution in [2.75, 3.05) is 11.9 Å². The molecule has 0 aliphatic rings. The normalized spacial score (nSPS) is 10.5. The van der Waals surface area contributed by atoms with E-state index in [1.165, 1.54) is 11.8 Å². The number of carbonyl (C=O) groups excluding carboxylic acids is 3. The lowest BCUT2D eigenvalue weighted by Crippen LogP contribution is -2.15. The summed E-state index contributed by atoms with van der Waals surface area (Å²) in [5, 5.41) is 7.11. The van der Waals surface area contributed by atoms with Gasteiger partial charge >= 0.3 is 5.97 Å². The molecular weight excluding hydrogens is 418 g/mol. The standard InChI is InChI=1S/C22H21N3O5S/c1-3-20(27)24-16-8-6-15(7-9-16)19(26)12-29-22(28)18-5-4-10-23-21(18)31-13-17-11-14(2)30-25-17/h4-11H,3,12-13H2,1-2H3,(H,24,27). The number of pyridine rings is 1. The van der Waals surface area contributed by atoms with Crippen LogP contribution in [-0.4, -0.2) is 34.4 Å². The zero-order valence-corrected chi connectivity index (χ0v) is 17.9. The molecule has 0 unspecified atom stereocenters. The first kappa shape index (κ1) is 22.2. The zero-order valence-electron chi connectivity index (χ0n) is 17.1. The number of esters is 1. The van der Waals surface area contributed by atoms with Gasteiger partial charge in [-0.1, -0.05) is 23.8 Å². The van der Waals surface area contributed by atoms with Crippen molar-refractivity contribution in [3.05, 3.63) is 71.2 Å². The molecule has 0 saturated carbocycles. The number of aryl methyl sites for hydroxylation is 1. The first-order valence-corrected chi connectivity index (χ1v) is 10.5. The third-order valence-corrected chi connectivity index (χ3v) is 5.21. The number of hydrogen-bond donors (Lipinski definition) is 1. The lowest BCUT2D eigenvalue weighted by molar-refractivity contribution is -0.115. The Hall–Kier alpha value is -3.46. The van der Waals surface area contributed by atoms with Crippen molar-refractivity contribution in [1.29, 1.82) is 0 Å². The smallest absolute Gasteiger partial charge is 0.341 e. The SMILES string of the molecule is CCC(=O)Nc1ccc(C(=O)COC(=O)c2cccnc2SCc2cc(C)on2)cc1. The maximum Gasteiger partial charge on any atom is 0.341 e. The van der Waals surface area contributed by atoms with Gasteiger partial charge in [0.05, 0.1) is 11.3 Å². The molecule has 0 atom stereocenters. The number of amides is 1. The Morgan fingerprint density at radius 1 is 1.16 bits per heavy atom. The van der Waals surface area contributed by atoms with Crippen molar-refractivity contribution < 1.29 is 23.6 Å². The highest BCUT2D eigenvalue weighted by molar-refractivity contribution is 7.98. The molecule has 0 bridgehead atoms. The Bertz CT molecular complexity index is 1080. The van der Waals surface area contributed by atoms with Crippen LogP contribution in [0.1, 0.15) is 45.5 Å². The van der Waals surface area contributed by atoms with Crippen LogP contribution in [0, 0.1) is 6.92 Å². The minimum atomic E-state index is -0.632. The van der Waals surface area contributed by atoms with E-state index in [-0.39, 0.29) is 17.3 Å². The fraction of sp³-hybridized carbons (Fsp3) is 0.227. The van der Waals surface area contributed by atoms with Crippen molar-refractivity contribution >= 4 is 35.1 Å². The van der Waals surface area contributed by atoms with Crippen molar-refractivity contribution in [2.24, 2.45) is 0 Å². The van der Waals surface area contributed by atoms with Gasteiger partial charge in [-0.25, -0.2) is 9.78 Å². The first-order chi connectivity index (χ1) is 15.0. The summed E-state index contributed by atoms with van der Waals surface area (Å²) in [6.07, 6.45) is 1.95. The number of aromatic nitrogens is 2. The molecule has 2 heterocycles. The van der Waals surface area contributed by atoms with Crippen LogP contribution in [0.15, 0.2) is 58.2 Å². The third-order valence-electron chi connectivity index (χ3n) is 4.17. The molecule has 3 rings (SSSR count). The molecule has 8 nitrogen and oxygen atoms in total. The Morgan fingerprint density at radius 2 is 1.94 bits per heavy atom. The summed E-state index contributed by atoms with van der Waals surface area (Å²) in [6, 6.07) is 11.5. The summed E-state index contributed by atoms with van der Waals surface area (Å²) in [5.41, 5.74) is 1.99. The maximum atomic E-state index is 12.5. The van der Waals surface area contributed by atoms with Crippen LogP contribution >= 0.6 is 11.8 Å². The molecule has 1 N–H and O–H groups in total. The highest BCUT2D eigenvalue weighted by Crippen LogP contribution is 2.24. The van der Waals surface area contributed by atoms with Crippen LogP contribution in [0.4, 0.5) is 5.69 Å². The van der Waals surface area contributed by atoms with Gasteiger partial charge in [0.25, 0.3) is 0 Å². The van der Waals surface area contributed by atoms with E-state index in [9.17, 15) is 14.4 Å². The minimum Gasteiger partial charge on any atom is -0.454 e. The molecule has 160 valence electrons. The van der Waals surface area contributed by atoms with Crippen molar-refractivity contribution in [3.8, 4) is 0 Å². The molecule has 0 aliphatic heterocycles. The van der Waals surface area contributed by atoms with Gasteiger partial charge in [-0.2, -0.15) is 0 Å². The Balaban J connectivity index is 1.57. The molecule has 0 saturated heterocycles. The number of thioether (sulfide) groups is 1. The number of anilines is 1. The predicted molar refractivity (Wildman–Crippen MR) is 115 cm³/mol. The van der Waals surface area contributed by atoms with Crippen LogP contribution in [0.2, 0.25) is 0 Å². The lowest BCUT2D eigenvalue weighted by Gasteiger charge is -2.08. The molecule has 0 spiro atoms. The van der Waals surface area contributed by atoms with E-state index in [1.807, 2.05) is 6.07 Å². The predicted octanol–water partition coefficient (Wildman–Crippen LogP) is 4.06. The zero-order chi connectivity index (χ0) is 22.2. The van der Waals surface area contributed by atoms with Crippen LogP contribution in [0.3, 0.4) is 0 Å². The summed E-state index contributed by atoms with van der Waals surface area (Å²) < 4.78 is 10.2. The molecule has 0 fully saturated rings. The van der Waals surface area contributed by atoms with Crippen molar-refractivity contribution in [2.45, 2.75) is 31.0 Å². The molecule has 3 aromatic rings. The van der Waals surface area contributed by atoms with E-state index in [0.717, 1.165) is 5.69 Å². The molecule has 2 aromatic heterocycles. The van der Waals surface area contributed by atoms with E-state index >= 15 is 0 Å². The van der Waals surface area contributed by atoms with Gasteiger partial charge < -0.3 is 14.6 Å². The number of ketones is 1. The summed E-state index contributed by atoms with van der Waals surface area (Å²) >= 11 is 1.33. The third kappa shape index (κ3) is 6.26. The largest absolute Gasteiger partial charge is 0.454 e.